The maximum Gasteiger partial charge on any atom is 0.416 e. The zero-order valence-electron chi connectivity index (χ0n) is 21.7. The van der Waals surface area contributed by atoms with E-state index in [9.17, 15) is 41.0 Å². The van der Waals surface area contributed by atoms with E-state index in [1.807, 2.05) is 0 Å². The molecule has 0 saturated heterocycles. The van der Waals surface area contributed by atoms with Crippen LogP contribution in [0.25, 0.3) is 11.4 Å². The Hall–Kier alpha value is -4.18. The molecule has 0 aliphatic carbocycles. The van der Waals surface area contributed by atoms with Crippen molar-refractivity contribution in [3.63, 3.8) is 0 Å². The Morgan fingerprint density at radius 3 is 2.31 bits per heavy atom. The lowest BCUT2D eigenvalue weighted by Crippen LogP contribution is -2.47. The molecule has 2 N–H and O–H groups in total. The number of benzene rings is 2. The molecule has 0 aliphatic rings. The molecule has 42 heavy (non-hydrogen) atoms. The number of amides is 1. The second-order valence-corrected chi connectivity index (χ2v) is 9.77. The quantitative estimate of drug-likeness (QED) is 0.285. The summed E-state index contributed by atoms with van der Waals surface area (Å²) in [6.45, 7) is 0.635. The topological polar surface area (TPSA) is 128 Å². The molecule has 2 heterocycles. The molecular formula is C25H21ClF6N6O4. The molecule has 224 valence electrons. The number of carbonyl (C=O) groups excluding carboxylic acids is 1. The number of hydrogen-bond acceptors (Lipinski definition) is 7. The predicted molar refractivity (Wildman–Crippen MR) is 134 cm³/mol. The van der Waals surface area contributed by atoms with Crippen molar-refractivity contribution in [1.82, 2.24) is 29.8 Å². The first-order valence-corrected chi connectivity index (χ1v) is 12.3. The zero-order valence-corrected chi connectivity index (χ0v) is 22.4. The lowest BCUT2D eigenvalue weighted by atomic mass is 9.90. The Labute approximate surface area is 237 Å². The van der Waals surface area contributed by atoms with Crippen LogP contribution >= 0.6 is 11.6 Å². The van der Waals surface area contributed by atoms with Crippen LogP contribution in [0.5, 0.6) is 0 Å². The van der Waals surface area contributed by atoms with Gasteiger partial charge in [0.25, 0.3) is 5.89 Å². The van der Waals surface area contributed by atoms with Gasteiger partial charge in [0.1, 0.15) is 12.1 Å². The van der Waals surface area contributed by atoms with Crippen LogP contribution in [-0.4, -0.2) is 47.8 Å². The number of halogens is 7. The third-order valence-corrected chi connectivity index (χ3v) is 6.42. The molecule has 4 aromatic rings. The highest BCUT2D eigenvalue weighted by molar-refractivity contribution is 6.30. The van der Waals surface area contributed by atoms with E-state index in [4.69, 9.17) is 16.1 Å². The maximum absolute atomic E-state index is 13.4. The fraction of sp³-hybridized carbons (Fsp3) is 0.320. The molecule has 0 aliphatic heterocycles. The number of aliphatic hydroxyl groups is 1. The van der Waals surface area contributed by atoms with Crippen molar-refractivity contribution in [2.45, 2.75) is 50.9 Å². The standard InChI is InChI=1S/C25H21ClF6N6O4/c1-13-33-21(42-36-13)23(2,15-4-3-5-16(10-15)24(27,28)29)34-19(40)12-38-22(41)37(11-18(39)25(30,31)32)20(35-38)14-6-8-17(26)9-7-14/h3-10,18,39H,11-12H2,1-2H3,(H,34,40)/t18-,23+/m0/s1. The third kappa shape index (κ3) is 6.49. The van der Waals surface area contributed by atoms with Gasteiger partial charge in [-0.05, 0) is 55.8 Å². The fourth-order valence-electron chi connectivity index (χ4n) is 4.01. The summed E-state index contributed by atoms with van der Waals surface area (Å²) in [5.74, 6) is -1.46. The van der Waals surface area contributed by atoms with Gasteiger partial charge in [0.2, 0.25) is 5.91 Å². The average Bonchev–Trinajstić information content (AvgIpc) is 3.47. The van der Waals surface area contributed by atoms with Crippen molar-refractivity contribution in [2.24, 2.45) is 0 Å². The van der Waals surface area contributed by atoms with Gasteiger partial charge in [-0.25, -0.2) is 9.48 Å². The van der Waals surface area contributed by atoms with E-state index in [2.05, 4.69) is 20.6 Å². The molecule has 10 nitrogen and oxygen atoms in total. The molecule has 2 atom stereocenters. The summed E-state index contributed by atoms with van der Waals surface area (Å²) < 4.78 is 85.9. The molecule has 0 fully saturated rings. The summed E-state index contributed by atoms with van der Waals surface area (Å²) in [5, 5.41) is 20.0. The van der Waals surface area contributed by atoms with Crippen LogP contribution in [-0.2, 0) is 29.6 Å². The number of rotatable bonds is 8. The molecule has 0 spiro atoms. The van der Waals surface area contributed by atoms with Crippen molar-refractivity contribution in [1.29, 1.82) is 0 Å². The summed E-state index contributed by atoms with van der Waals surface area (Å²) in [6, 6.07) is 9.52. The molecule has 17 heteroatoms. The second-order valence-electron chi connectivity index (χ2n) is 9.34. The minimum absolute atomic E-state index is 0.0950. The van der Waals surface area contributed by atoms with E-state index in [-0.39, 0.29) is 33.7 Å². The largest absolute Gasteiger partial charge is 0.416 e. The van der Waals surface area contributed by atoms with E-state index in [1.54, 1.807) is 0 Å². The van der Waals surface area contributed by atoms with Gasteiger partial charge in [0, 0.05) is 10.6 Å². The Bertz CT molecular complexity index is 1650. The molecule has 0 bridgehead atoms. The first-order valence-electron chi connectivity index (χ1n) is 12.0. The number of hydrogen-bond donors (Lipinski definition) is 2. The van der Waals surface area contributed by atoms with Gasteiger partial charge in [-0.1, -0.05) is 28.9 Å². The molecule has 2 aromatic heterocycles. The van der Waals surface area contributed by atoms with Gasteiger partial charge in [-0.3, -0.25) is 9.36 Å². The van der Waals surface area contributed by atoms with E-state index < -0.39 is 54.2 Å². The Balaban J connectivity index is 1.72. The maximum atomic E-state index is 13.4. The highest BCUT2D eigenvalue weighted by Gasteiger charge is 2.41. The normalized spacial score (nSPS) is 14.4. The third-order valence-electron chi connectivity index (χ3n) is 6.16. The van der Waals surface area contributed by atoms with Crippen LogP contribution in [0.3, 0.4) is 0 Å². The monoisotopic (exact) mass is 618 g/mol. The molecule has 4 rings (SSSR count). The fourth-order valence-corrected chi connectivity index (χ4v) is 4.13. The van der Waals surface area contributed by atoms with E-state index in [1.165, 1.54) is 44.2 Å². The van der Waals surface area contributed by atoms with Crippen molar-refractivity contribution < 1.29 is 40.8 Å². The summed E-state index contributed by atoms with van der Waals surface area (Å²) in [5.41, 5.74) is -3.98. The highest BCUT2D eigenvalue weighted by atomic mass is 35.5. The van der Waals surface area contributed by atoms with Crippen molar-refractivity contribution in [3.05, 3.63) is 86.9 Å². The second kappa shape index (κ2) is 11.2. The number of nitrogens with one attached hydrogen (secondary N) is 1. The Morgan fingerprint density at radius 1 is 1.10 bits per heavy atom. The van der Waals surface area contributed by atoms with Crippen LogP contribution in [0.15, 0.2) is 57.8 Å². The highest BCUT2D eigenvalue weighted by Crippen LogP contribution is 2.34. The van der Waals surface area contributed by atoms with Crippen LogP contribution in [0.4, 0.5) is 26.3 Å². The van der Waals surface area contributed by atoms with E-state index in [0.29, 0.717) is 9.25 Å². The Morgan fingerprint density at radius 2 is 1.74 bits per heavy atom. The molecule has 1 amide bonds. The summed E-state index contributed by atoms with van der Waals surface area (Å²) in [6.07, 6.45) is -12.7. The van der Waals surface area contributed by atoms with Gasteiger partial charge in [0.05, 0.1) is 12.1 Å². The number of carbonyl (C=O) groups is 1. The lowest BCUT2D eigenvalue weighted by molar-refractivity contribution is -0.207. The van der Waals surface area contributed by atoms with Crippen LogP contribution in [0.2, 0.25) is 5.02 Å². The zero-order chi connectivity index (χ0) is 31.0. The smallest absolute Gasteiger partial charge is 0.382 e. The average molecular weight is 619 g/mol. The molecular weight excluding hydrogens is 598 g/mol. The molecule has 2 aromatic carbocycles. The van der Waals surface area contributed by atoms with Gasteiger partial charge >= 0.3 is 18.0 Å². The number of aromatic nitrogens is 5. The van der Waals surface area contributed by atoms with Gasteiger partial charge in [-0.2, -0.15) is 31.3 Å². The SMILES string of the molecule is Cc1noc([C@](C)(NC(=O)Cn2nc(-c3ccc(Cl)cc3)n(C[C@H](O)C(F)(F)F)c2=O)c2cccc(C(F)(F)F)c2)n1. The van der Waals surface area contributed by atoms with E-state index in [0.717, 1.165) is 18.2 Å². The van der Waals surface area contributed by atoms with Crippen molar-refractivity contribution >= 4 is 17.5 Å². The first kappa shape index (κ1) is 30.8. The molecule has 0 unspecified atom stereocenters. The first-order chi connectivity index (χ1) is 19.5. The number of alkyl halides is 6. The van der Waals surface area contributed by atoms with Crippen LogP contribution < -0.4 is 11.0 Å². The lowest BCUT2D eigenvalue weighted by Gasteiger charge is -2.28. The number of aryl methyl sites for hydroxylation is 1. The summed E-state index contributed by atoms with van der Waals surface area (Å²) in [7, 11) is 0. The number of nitrogens with zero attached hydrogens (tertiary/aromatic N) is 5. The minimum atomic E-state index is -5.06. The summed E-state index contributed by atoms with van der Waals surface area (Å²) in [4.78, 5) is 30.4. The minimum Gasteiger partial charge on any atom is -0.382 e. The number of aliphatic hydroxyl groups excluding tert-OH is 1. The molecule has 0 radical (unpaired) electrons. The van der Waals surface area contributed by atoms with Gasteiger partial charge in [-0.15, -0.1) is 5.10 Å². The molecule has 0 saturated carbocycles. The Kier molecular flexibility index (Phi) is 8.24. The summed E-state index contributed by atoms with van der Waals surface area (Å²) >= 11 is 5.87. The predicted octanol–water partition coefficient (Wildman–Crippen LogP) is 4.08. The van der Waals surface area contributed by atoms with Crippen molar-refractivity contribution in [2.75, 3.05) is 0 Å². The van der Waals surface area contributed by atoms with Crippen LogP contribution in [0.1, 0.15) is 29.8 Å². The van der Waals surface area contributed by atoms with Gasteiger partial charge < -0.3 is 14.9 Å². The van der Waals surface area contributed by atoms with Crippen molar-refractivity contribution in [3.8, 4) is 11.4 Å². The van der Waals surface area contributed by atoms with Crippen LogP contribution in [0, 0.1) is 6.92 Å². The van der Waals surface area contributed by atoms with E-state index >= 15 is 0 Å². The van der Waals surface area contributed by atoms with Gasteiger partial charge in [0.15, 0.2) is 17.8 Å².